The highest BCUT2D eigenvalue weighted by molar-refractivity contribution is 7.99. The second-order valence-electron chi connectivity index (χ2n) is 4.05. The Kier molecular flexibility index (Phi) is 3.76. The maximum absolute atomic E-state index is 12.9. The molecular formula is C12H10F3N3OS. The summed E-state index contributed by atoms with van der Waals surface area (Å²) >= 11 is 0.736. The highest BCUT2D eigenvalue weighted by Crippen LogP contribution is 2.39. The number of anilines is 1. The van der Waals surface area contributed by atoms with Crippen molar-refractivity contribution in [3.8, 4) is 0 Å². The van der Waals surface area contributed by atoms with E-state index in [9.17, 15) is 18.0 Å². The summed E-state index contributed by atoms with van der Waals surface area (Å²) in [6.07, 6.45) is -4.53. The molecule has 0 unspecified atom stereocenters. The fourth-order valence-corrected chi connectivity index (χ4v) is 2.53. The number of H-pyrrole nitrogens is 1. The number of benzene rings is 1. The number of alkyl halides is 3. The monoisotopic (exact) mass is 301 g/mol. The molecule has 0 saturated heterocycles. The van der Waals surface area contributed by atoms with Crippen LogP contribution in [0.15, 0.2) is 39.1 Å². The molecule has 0 atom stereocenters. The van der Waals surface area contributed by atoms with Gasteiger partial charge in [-0.1, -0.05) is 11.8 Å². The largest absolute Gasteiger partial charge is 0.417 e. The Labute approximate surface area is 116 Å². The van der Waals surface area contributed by atoms with E-state index in [2.05, 4.69) is 9.97 Å². The molecule has 0 spiro atoms. The Hall–Kier alpha value is -1.96. The molecule has 0 saturated carbocycles. The Morgan fingerprint density at radius 3 is 2.60 bits per heavy atom. The molecule has 0 aliphatic carbocycles. The first-order valence-electron chi connectivity index (χ1n) is 5.48. The van der Waals surface area contributed by atoms with Gasteiger partial charge < -0.3 is 10.7 Å². The van der Waals surface area contributed by atoms with Crippen LogP contribution in [0.25, 0.3) is 0 Å². The standard InChI is InChI=1S/C12H10F3N3OS/c1-6-4-10(19)18-11(17-6)20-9-3-2-7(16)5-8(9)12(13,14)15/h2-5H,16H2,1H3,(H,17,18,19). The Bertz CT molecular complexity index is 697. The topological polar surface area (TPSA) is 71.8 Å². The lowest BCUT2D eigenvalue weighted by molar-refractivity contribution is -0.139. The first-order chi connectivity index (χ1) is 9.25. The molecule has 4 nitrogen and oxygen atoms in total. The van der Waals surface area contributed by atoms with Crippen molar-refractivity contribution in [3.05, 3.63) is 45.9 Å². The SMILES string of the molecule is Cc1cc(=O)[nH]c(Sc2ccc(N)cc2C(F)(F)F)n1. The zero-order valence-electron chi connectivity index (χ0n) is 10.3. The van der Waals surface area contributed by atoms with Crippen molar-refractivity contribution in [2.24, 2.45) is 0 Å². The third-order valence-corrected chi connectivity index (χ3v) is 3.33. The van der Waals surface area contributed by atoms with Crippen molar-refractivity contribution >= 4 is 17.4 Å². The molecule has 0 aliphatic rings. The number of nitrogens with two attached hydrogens (primary N) is 1. The van der Waals surface area contributed by atoms with Crippen LogP contribution in [-0.2, 0) is 6.18 Å². The molecule has 20 heavy (non-hydrogen) atoms. The van der Waals surface area contributed by atoms with E-state index in [4.69, 9.17) is 5.73 Å². The molecule has 0 radical (unpaired) electrons. The molecule has 0 bridgehead atoms. The van der Waals surface area contributed by atoms with Gasteiger partial charge in [0.2, 0.25) is 0 Å². The van der Waals surface area contributed by atoms with Gasteiger partial charge in [-0.15, -0.1) is 0 Å². The van der Waals surface area contributed by atoms with Crippen molar-refractivity contribution in [2.45, 2.75) is 23.2 Å². The predicted octanol–water partition coefficient (Wildman–Crippen LogP) is 2.83. The molecule has 2 aromatic rings. The molecule has 0 aliphatic heterocycles. The van der Waals surface area contributed by atoms with E-state index in [1.54, 1.807) is 6.92 Å². The van der Waals surface area contributed by atoms with Gasteiger partial charge in [0, 0.05) is 22.3 Å². The maximum Gasteiger partial charge on any atom is 0.417 e. The fraction of sp³-hybridized carbons (Fsp3) is 0.167. The van der Waals surface area contributed by atoms with Crippen LogP contribution in [0.5, 0.6) is 0 Å². The van der Waals surface area contributed by atoms with Crippen LogP contribution in [0, 0.1) is 6.92 Å². The quantitative estimate of drug-likeness (QED) is 0.661. The minimum Gasteiger partial charge on any atom is -0.399 e. The molecule has 1 aromatic carbocycles. The molecular weight excluding hydrogens is 291 g/mol. The molecule has 0 fully saturated rings. The minimum absolute atomic E-state index is 0.0207. The van der Waals surface area contributed by atoms with Crippen LogP contribution in [0.1, 0.15) is 11.3 Å². The average Bonchev–Trinajstić information content (AvgIpc) is 2.28. The molecule has 1 aromatic heterocycles. The van der Waals surface area contributed by atoms with Gasteiger partial charge in [0.25, 0.3) is 5.56 Å². The fourth-order valence-electron chi connectivity index (χ4n) is 1.56. The smallest absolute Gasteiger partial charge is 0.399 e. The van der Waals surface area contributed by atoms with Gasteiger partial charge in [0.15, 0.2) is 5.16 Å². The number of aromatic amines is 1. The Morgan fingerprint density at radius 1 is 1.30 bits per heavy atom. The number of hydrogen-bond donors (Lipinski definition) is 2. The highest BCUT2D eigenvalue weighted by Gasteiger charge is 2.34. The lowest BCUT2D eigenvalue weighted by atomic mass is 10.2. The van der Waals surface area contributed by atoms with Gasteiger partial charge >= 0.3 is 6.18 Å². The summed E-state index contributed by atoms with van der Waals surface area (Å²) in [5, 5.41) is 0.102. The van der Waals surface area contributed by atoms with Gasteiger partial charge in [-0.05, 0) is 25.1 Å². The number of halogens is 3. The Balaban J connectivity index is 2.46. The second kappa shape index (κ2) is 5.20. The summed E-state index contributed by atoms with van der Waals surface area (Å²) in [7, 11) is 0. The van der Waals surface area contributed by atoms with E-state index in [1.165, 1.54) is 18.2 Å². The average molecular weight is 301 g/mol. The van der Waals surface area contributed by atoms with Gasteiger partial charge in [-0.3, -0.25) is 4.79 Å². The van der Waals surface area contributed by atoms with E-state index in [0.29, 0.717) is 5.69 Å². The summed E-state index contributed by atoms with van der Waals surface area (Å²) in [5.41, 5.74) is 4.57. The van der Waals surface area contributed by atoms with Crippen LogP contribution < -0.4 is 11.3 Å². The van der Waals surface area contributed by atoms with E-state index < -0.39 is 17.3 Å². The first kappa shape index (κ1) is 14.4. The van der Waals surface area contributed by atoms with Gasteiger partial charge in [0.1, 0.15) is 0 Å². The lowest BCUT2D eigenvalue weighted by Gasteiger charge is -2.12. The normalized spacial score (nSPS) is 11.6. The van der Waals surface area contributed by atoms with Gasteiger partial charge in [-0.2, -0.15) is 13.2 Å². The minimum atomic E-state index is -4.53. The third kappa shape index (κ3) is 3.32. The molecule has 8 heteroatoms. The van der Waals surface area contributed by atoms with Crippen molar-refractivity contribution in [1.82, 2.24) is 9.97 Å². The zero-order valence-corrected chi connectivity index (χ0v) is 11.1. The number of nitrogens with one attached hydrogen (secondary N) is 1. The maximum atomic E-state index is 12.9. The number of aromatic nitrogens is 2. The zero-order chi connectivity index (χ0) is 14.9. The second-order valence-corrected chi connectivity index (χ2v) is 5.08. The molecule has 1 heterocycles. The van der Waals surface area contributed by atoms with Crippen LogP contribution >= 0.6 is 11.8 Å². The van der Waals surface area contributed by atoms with Crippen molar-refractivity contribution in [3.63, 3.8) is 0 Å². The summed E-state index contributed by atoms with van der Waals surface area (Å²) in [5.74, 6) is 0. The number of rotatable bonds is 2. The highest BCUT2D eigenvalue weighted by atomic mass is 32.2. The van der Waals surface area contributed by atoms with Crippen LogP contribution in [-0.4, -0.2) is 9.97 Å². The summed E-state index contributed by atoms with van der Waals surface area (Å²) in [6, 6.07) is 4.74. The van der Waals surface area contributed by atoms with Crippen molar-refractivity contribution in [1.29, 1.82) is 0 Å². The van der Waals surface area contributed by atoms with Crippen LogP contribution in [0.4, 0.5) is 18.9 Å². The van der Waals surface area contributed by atoms with E-state index >= 15 is 0 Å². The molecule has 2 rings (SSSR count). The van der Waals surface area contributed by atoms with Crippen molar-refractivity contribution < 1.29 is 13.2 Å². The van der Waals surface area contributed by atoms with Gasteiger partial charge in [0.05, 0.1) is 5.56 Å². The number of hydrogen-bond acceptors (Lipinski definition) is 4. The van der Waals surface area contributed by atoms with E-state index in [0.717, 1.165) is 17.8 Å². The van der Waals surface area contributed by atoms with Gasteiger partial charge in [-0.25, -0.2) is 4.98 Å². The molecule has 0 amide bonds. The molecule has 106 valence electrons. The van der Waals surface area contributed by atoms with Crippen LogP contribution in [0.3, 0.4) is 0 Å². The summed E-state index contributed by atoms with van der Waals surface area (Å²) in [6.45, 7) is 1.59. The Morgan fingerprint density at radius 2 is 2.00 bits per heavy atom. The summed E-state index contributed by atoms with van der Waals surface area (Å²) in [4.78, 5) is 17.6. The van der Waals surface area contributed by atoms with Crippen LogP contribution in [0.2, 0.25) is 0 Å². The lowest BCUT2D eigenvalue weighted by Crippen LogP contribution is -2.10. The number of nitrogens with zero attached hydrogens (tertiary/aromatic N) is 1. The number of aryl methyl sites for hydroxylation is 1. The molecule has 3 N–H and O–H groups in total. The van der Waals surface area contributed by atoms with E-state index in [1.807, 2.05) is 0 Å². The summed E-state index contributed by atoms with van der Waals surface area (Å²) < 4.78 is 38.8. The predicted molar refractivity (Wildman–Crippen MR) is 69.6 cm³/mol. The van der Waals surface area contributed by atoms with E-state index in [-0.39, 0.29) is 15.7 Å². The third-order valence-electron chi connectivity index (χ3n) is 2.36. The first-order valence-corrected chi connectivity index (χ1v) is 6.30. The number of nitrogen functional groups attached to an aromatic ring is 1. The van der Waals surface area contributed by atoms with Crippen molar-refractivity contribution in [2.75, 3.05) is 5.73 Å².